The second kappa shape index (κ2) is 7.79. The topological polar surface area (TPSA) is 51.1 Å². The lowest BCUT2D eigenvalue weighted by Crippen LogP contribution is -2.20. The van der Waals surface area contributed by atoms with Crippen molar-refractivity contribution in [3.05, 3.63) is 76.6 Å². The van der Waals surface area contributed by atoms with Gasteiger partial charge in [-0.2, -0.15) is 0 Å². The van der Waals surface area contributed by atoms with Crippen molar-refractivity contribution in [2.24, 2.45) is 0 Å². The van der Waals surface area contributed by atoms with Crippen molar-refractivity contribution in [1.82, 2.24) is 4.57 Å². The number of nitrogens with zero attached hydrogens (tertiary/aromatic N) is 1. The highest BCUT2D eigenvalue weighted by molar-refractivity contribution is 5.91. The summed E-state index contributed by atoms with van der Waals surface area (Å²) in [6, 6.07) is 16.8. The summed E-state index contributed by atoms with van der Waals surface area (Å²) in [5.74, 6) is -0.116. The molecule has 0 saturated carbocycles. The quantitative estimate of drug-likeness (QED) is 0.741. The Bertz CT molecular complexity index is 927. The fraction of sp³-hybridized carbons (Fsp3) is 0.238. The molecule has 3 rings (SSSR count). The van der Waals surface area contributed by atoms with Gasteiger partial charge in [-0.05, 0) is 42.7 Å². The molecule has 0 aliphatic heterocycles. The van der Waals surface area contributed by atoms with Crippen molar-refractivity contribution < 1.29 is 4.79 Å². The molecule has 0 aliphatic rings. The van der Waals surface area contributed by atoms with Crippen molar-refractivity contribution in [1.29, 1.82) is 0 Å². The van der Waals surface area contributed by atoms with Crippen LogP contribution >= 0.6 is 0 Å². The summed E-state index contributed by atoms with van der Waals surface area (Å²) in [7, 11) is 0. The van der Waals surface area contributed by atoms with Crippen LogP contribution in [0.25, 0.3) is 10.9 Å². The Kier molecular flexibility index (Phi) is 5.29. The fourth-order valence-corrected chi connectivity index (χ4v) is 2.89. The van der Waals surface area contributed by atoms with E-state index in [9.17, 15) is 9.59 Å². The van der Waals surface area contributed by atoms with Crippen molar-refractivity contribution >= 4 is 22.5 Å². The highest BCUT2D eigenvalue weighted by Crippen LogP contribution is 2.13. The number of aryl methyl sites for hydroxylation is 1. The fourth-order valence-electron chi connectivity index (χ4n) is 2.89. The van der Waals surface area contributed by atoms with E-state index < -0.39 is 0 Å². The number of hydrogen-bond acceptors (Lipinski definition) is 2. The first-order valence-corrected chi connectivity index (χ1v) is 8.64. The Morgan fingerprint density at radius 1 is 1.04 bits per heavy atom. The molecule has 0 spiro atoms. The average molecular weight is 334 g/mol. The van der Waals surface area contributed by atoms with Gasteiger partial charge in [-0.3, -0.25) is 9.59 Å². The first-order valence-electron chi connectivity index (χ1n) is 8.64. The number of aromatic nitrogens is 1. The summed E-state index contributed by atoms with van der Waals surface area (Å²) in [4.78, 5) is 24.3. The van der Waals surface area contributed by atoms with E-state index in [-0.39, 0.29) is 17.9 Å². The lowest BCUT2D eigenvalue weighted by molar-refractivity contribution is -0.116. The number of anilines is 1. The predicted molar refractivity (Wildman–Crippen MR) is 102 cm³/mol. The minimum absolute atomic E-state index is 0.0325. The third-order valence-corrected chi connectivity index (χ3v) is 4.26. The molecule has 0 unspecified atom stereocenters. The number of hydrogen-bond donors (Lipinski definition) is 1. The zero-order valence-corrected chi connectivity index (χ0v) is 14.4. The normalized spacial score (nSPS) is 10.8. The lowest BCUT2D eigenvalue weighted by atomic mass is 10.1. The van der Waals surface area contributed by atoms with E-state index >= 15 is 0 Å². The van der Waals surface area contributed by atoms with Gasteiger partial charge in [0.1, 0.15) is 6.54 Å². The summed E-state index contributed by atoms with van der Waals surface area (Å²) in [6.07, 6.45) is 5.07. The second-order valence-electron chi connectivity index (χ2n) is 6.17. The molecule has 128 valence electrons. The van der Waals surface area contributed by atoms with E-state index in [2.05, 4.69) is 24.4 Å². The van der Waals surface area contributed by atoms with Gasteiger partial charge < -0.3 is 9.88 Å². The highest BCUT2D eigenvalue weighted by atomic mass is 16.2. The van der Waals surface area contributed by atoms with Crippen molar-refractivity contribution in [2.75, 3.05) is 5.32 Å². The maximum Gasteiger partial charge on any atom is 0.244 e. The van der Waals surface area contributed by atoms with Crippen molar-refractivity contribution in [3.8, 4) is 0 Å². The van der Waals surface area contributed by atoms with Gasteiger partial charge in [0, 0.05) is 23.3 Å². The van der Waals surface area contributed by atoms with Crippen LogP contribution in [0.5, 0.6) is 0 Å². The number of fused-ring (bicyclic) bond motifs is 1. The van der Waals surface area contributed by atoms with Gasteiger partial charge in [0.05, 0.1) is 5.52 Å². The monoisotopic (exact) mass is 334 g/mol. The number of para-hydroxylation sites is 1. The molecule has 0 radical (unpaired) electrons. The molecule has 25 heavy (non-hydrogen) atoms. The van der Waals surface area contributed by atoms with E-state index in [0.717, 1.165) is 17.6 Å². The summed E-state index contributed by atoms with van der Waals surface area (Å²) < 4.78 is 1.79. The molecule has 1 heterocycles. The van der Waals surface area contributed by atoms with Gasteiger partial charge in [-0.15, -0.1) is 0 Å². The van der Waals surface area contributed by atoms with Crippen LogP contribution in [0.3, 0.4) is 0 Å². The van der Waals surface area contributed by atoms with Crippen molar-refractivity contribution in [3.63, 3.8) is 0 Å². The number of pyridine rings is 1. The van der Waals surface area contributed by atoms with Crippen LogP contribution in [0.15, 0.2) is 65.6 Å². The molecule has 1 N–H and O–H groups in total. The number of nitrogens with one attached hydrogen (secondary N) is 1. The summed E-state index contributed by atoms with van der Waals surface area (Å²) >= 11 is 0. The minimum atomic E-state index is -0.116. The molecule has 0 atom stereocenters. The molecule has 0 fully saturated rings. The van der Waals surface area contributed by atoms with E-state index in [1.165, 1.54) is 24.5 Å². The Labute approximate surface area is 147 Å². The summed E-state index contributed by atoms with van der Waals surface area (Å²) in [6.45, 7) is 2.34. The molecule has 0 bridgehead atoms. The largest absolute Gasteiger partial charge is 0.338 e. The molecular formula is C21H22N2O2. The summed E-state index contributed by atoms with van der Waals surface area (Å²) in [5, 5.41) is 3.54. The first kappa shape index (κ1) is 17.0. The van der Waals surface area contributed by atoms with Gasteiger partial charge >= 0.3 is 0 Å². The van der Waals surface area contributed by atoms with Crippen LogP contribution < -0.4 is 10.7 Å². The maximum atomic E-state index is 12.4. The predicted octanol–water partition coefficient (Wildman–Crippen LogP) is 3.98. The zero-order valence-electron chi connectivity index (χ0n) is 14.4. The van der Waals surface area contributed by atoms with E-state index in [1.807, 2.05) is 30.3 Å². The van der Waals surface area contributed by atoms with Crippen LogP contribution in [-0.2, 0) is 17.8 Å². The Morgan fingerprint density at radius 2 is 1.80 bits per heavy atom. The number of rotatable bonds is 6. The van der Waals surface area contributed by atoms with Crippen LogP contribution in [0.4, 0.5) is 5.69 Å². The van der Waals surface area contributed by atoms with Crippen LogP contribution in [0.1, 0.15) is 25.3 Å². The Balaban J connectivity index is 1.71. The van der Waals surface area contributed by atoms with Gasteiger partial charge in [0.2, 0.25) is 5.91 Å². The third kappa shape index (κ3) is 4.15. The second-order valence-corrected chi connectivity index (χ2v) is 6.17. The smallest absolute Gasteiger partial charge is 0.244 e. The van der Waals surface area contributed by atoms with E-state index in [1.54, 1.807) is 16.8 Å². The molecule has 0 aliphatic carbocycles. The SMILES string of the molecule is CCCCc1ccc(NC(=O)Cn2ccc(=O)c3ccccc32)cc1. The molecular weight excluding hydrogens is 312 g/mol. The molecule has 0 saturated heterocycles. The Hall–Kier alpha value is -2.88. The first-order chi connectivity index (χ1) is 12.2. The molecule has 1 aromatic heterocycles. The number of carbonyl (C=O) groups excluding carboxylic acids is 1. The number of benzene rings is 2. The van der Waals surface area contributed by atoms with E-state index in [4.69, 9.17) is 0 Å². The van der Waals surface area contributed by atoms with Gasteiger partial charge in [-0.1, -0.05) is 37.6 Å². The number of amides is 1. The standard InChI is InChI=1S/C21H22N2O2/c1-2-3-6-16-9-11-17(12-10-16)22-21(25)15-23-14-13-20(24)18-7-4-5-8-19(18)23/h4-5,7-14H,2-3,6,15H2,1H3,(H,22,25). The van der Waals surface area contributed by atoms with Crippen LogP contribution in [0.2, 0.25) is 0 Å². The van der Waals surface area contributed by atoms with Gasteiger partial charge in [0.15, 0.2) is 5.43 Å². The molecule has 2 aromatic carbocycles. The summed E-state index contributed by atoms with van der Waals surface area (Å²) in [5.41, 5.74) is 2.80. The third-order valence-electron chi connectivity index (χ3n) is 4.26. The molecule has 3 aromatic rings. The number of carbonyl (C=O) groups is 1. The Morgan fingerprint density at radius 3 is 2.56 bits per heavy atom. The molecule has 1 amide bonds. The molecule has 4 heteroatoms. The van der Waals surface area contributed by atoms with Gasteiger partial charge in [-0.25, -0.2) is 0 Å². The van der Waals surface area contributed by atoms with E-state index in [0.29, 0.717) is 5.39 Å². The average Bonchev–Trinajstić information content (AvgIpc) is 2.64. The number of unbranched alkanes of at least 4 members (excludes halogenated alkanes) is 1. The highest BCUT2D eigenvalue weighted by Gasteiger charge is 2.07. The maximum absolute atomic E-state index is 12.4. The zero-order chi connectivity index (χ0) is 17.6. The van der Waals surface area contributed by atoms with Crippen LogP contribution in [-0.4, -0.2) is 10.5 Å². The molecule has 4 nitrogen and oxygen atoms in total. The minimum Gasteiger partial charge on any atom is -0.338 e. The van der Waals surface area contributed by atoms with Gasteiger partial charge in [0.25, 0.3) is 0 Å². The lowest BCUT2D eigenvalue weighted by Gasteiger charge is -2.11. The van der Waals surface area contributed by atoms with Crippen LogP contribution in [0, 0.1) is 0 Å². The van der Waals surface area contributed by atoms with Crippen molar-refractivity contribution in [2.45, 2.75) is 32.7 Å².